The lowest BCUT2D eigenvalue weighted by Gasteiger charge is -2.47. The number of carbonyl (C=O) groups excluding carboxylic acids is 3. The molecule has 50 heavy (non-hydrogen) atoms. The predicted molar refractivity (Wildman–Crippen MR) is 197 cm³/mol. The second-order valence-corrected chi connectivity index (χ2v) is 18.6. The molecule has 11 heteroatoms. The van der Waals surface area contributed by atoms with E-state index in [0.29, 0.717) is 31.2 Å². The van der Waals surface area contributed by atoms with Gasteiger partial charge in [0.2, 0.25) is 17.7 Å². The van der Waals surface area contributed by atoms with Crippen molar-refractivity contribution in [3.63, 3.8) is 0 Å². The van der Waals surface area contributed by atoms with Gasteiger partial charge in [-0.05, 0) is 83.3 Å². The Hall–Kier alpha value is -3.28. The molecule has 2 aliphatic rings. The largest absolute Gasteiger partial charge is 0.390 e. The summed E-state index contributed by atoms with van der Waals surface area (Å²) >= 11 is 0. The first-order valence-electron chi connectivity index (χ1n) is 18.1. The number of carbonyl (C=O) groups is 3. The molecule has 2 aromatic rings. The third-order valence-corrected chi connectivity index (χ3v) is 12.7. The maximum atomic E-state index is 14.2. The van der Waals surface area contributed by atoms with E-state index >= 15 is 0 Å². The van der Waals surface area contributed by atoms with Crippen LogP contribution in [-0.4, -0.2) is 90.0 Å². The molecule has 4 N–H and O–H groups in total. The number of aliphatic hydroxyl groups is 1. The van der Waals surface area contributed by atoms with Crippen molar-refractivity contribution < 1.29 is 27.9 Å². The van der Waals surface area contributed by atoms with Crippen molar-refractivity contribution in [3.05, 3.63) is 71.8 Å². The number of β-amino-alcohol motifs (C(OH)–C–C–N with tert-alkyl or cyclic N) is 1. The Bertz CT molecular complexity index is 1540. The Labute approximate surface area is 299 Å². The summed E-state index contributed by atoms with van der Waals surface area (Å²) in [6, 6.07) is 16.2. The zero-order valence-corrected chi connectivity index (χ0v) is 31.5. The number of nitrogens with zero attached hydrogens (tertiary/aromatic N) is 1. The van der Waals surface area contributed by atoms with Crippen LogP contribution in [-0.2, 0) is 37.1 Å². The van der Waals surface area contributed by atoms with Gasteiger partial charge in [-0.15, -0.1) is 0 Å². The van der Waals surface area contributed by atoms with E-state index in [0.717, 1.165) is 43.1 Å². The van der Waals surface area contributed by atoms with Crippen LogP contribution in [0.2, 0.25) is 0 Å². The van der Waals surface area contributed by atoms with Crippen LogP contribution in [0.1, 0.15) is 84.3 Å². The number of benzene rings is 2. The van der Waals surface area contributed by atoms with Gasteiger partial charge in [-0.2, -0.15) is 0 Å². The molecule has 3 unspecified atom stereocenters. The van der Waals surface area contributed by atoms with Gasteiger partial charge in [-0.3, -0.25) is 19.3 Å². The summed E-state index contributed by atoms with van der Waals surface area (Å²) in [5, 5.41) is 20.8. The molecule has 1 aliphatic carbocycles. The number of sulfone groups is 1. The van der Waals surface area contributed by atoms with Crippen molar-refractivity contribution in [1.29, 1.82) is 0 Å². The van der Waals surface area contributed by atoms with Gasteiger partial charge in [-0.25, -0.2) is 8.42 Å². The number of hydrogen-bond donors (Lipinski definition) is 4. The van der Waals surface area contributed by atoms with Crippen molar-refractivity contribution >= 4 is 27.6 Å². The molecule has 6 atom stereocenters. The Morgan fingerprint density at radius 2 is 1.46 bits per heavy atom. The highest BCUT2D eigenvalue weighted by Crippen LogP contribution is 2.39. The fraction of sp³-hybridized carbons (Fsp3) is 0.615. The number of aryl methyl sites for hydroxylation is 1. The Morgan fingerprint density at radius 3 is 2.04 bits per heavy atom. The number of nitrogens with one attached hydrogen (secondary N) is 3. The van der Waals surface area contributed by atoms with Crippen molar-refractivity contribution in [3.8, 4) is 0 Å². The molecular weight excluding hydrogens is 653 g/mol. The van der Waals surface area contributed by atoms with Crippen LogP contribution in [0.25, 0.3) is 0 Å². The lowest BCUT2D eigenvalue weighted by atomic mass is 9.72. The van der Waals surface area contributed by atoms with Crippen molar-refractivity contribution in [2.24, 2.45) is 11.8 Å². The van der Waals surface area contributed by atoms with E-state index < -0.39 is 56.2 Å². The van der Waals surface area contributed by atoms with Gasteiger partial charge >= 0.3 is 0 Å². The summed E-state index contributed by atoms with van der Waals surface area (Å²) < 4.78 is 24.4. The number of hydrogen-bond acceptors (Lipinski definition) is 7. The summed E-state index contributed by atoms with van der Waals surface area (Å²) in [6.07, 6.45) is 5.93. The molecule has 0 spiro atoms. The van der Waals surface area contributed by atoms with Gasteiger partial charge in [0.1, 0.15) is 6.04 Å². The van der Waals surface area contributed by atoms with Gasteiger partial charge < -0.3 is 21.1 Å². The van der Waals surface area contributed by atoms with Gasteiger partial charge in [0.05, 0.1) is 22.9 Å². The SMILES string of the molecule is CC(C)(C)NC(=O)C1C[C@@H]2CCCC[C@@H]2CN1CC(O)C(Cc1ccccc1)NC(=O)[C@@H](NC(=O)CCc1ccccc1)C(C)(C)S(C)(=O)=O. The van der Waals surface area contributed by atoms with E-state index in [9.17, 15) is 27.9 Å². The minimum atomic E-state index is -3.83. The predicted octanol–water partition coefficient (Wildman–Crippen LogP) is 3.81. The fourth-order valence-electron chi connectivity index (χ4n) is 7.32. The maximum absolute atomic E-state index is 14.2. The minimum Gasteiger partial charge on any atom is -0.390 e. The second kappa shape index (κ2) is 16.8. The zero-order chi connectivity index (χ0) is 36.7. The zero-order valence-electron chi connectivity index (χ0n) is 30.7. The van der Waals surface area contributed by atoms with E-state index in [1.807, 2.05) is 81.4 Å². The molecule has 1 saturated carbocycles. The summed E-state index contributed by atoms with van der Waals surface area (Å²) in [7, 11) is -3.83. The number of amides is 3. The first-order chi connectivity index (χ1) is 23.4. The number of likely N-dealkylation sites (tertiary alicyclic amines) is 1. The number of piperidine rings is 1. The van der Waals surface area contributed by atoms with Crippen LogP contribution < -0.4 is 16.0 Å². The molecular formula is C39H58N4O6S. The monoisotopic (exact) mass is 710 g/mol. The second-order valence-electron chi connectivity index (χ2n) is 16.0. The van der Waals surface area contributed by atoms with E-state index in [-0.39, 0.29) is 25.3 Å². The lowest BCUT2D eigenvalue weighted by Crippen LogP contribution is -2.64. The molecule has 276 valence electrons. The average Bonchev–Trinajstić information content (AvgIpc) is 3.05. The first-order valence-corrected chi connectivity index (χ1v) is 19.9. The molecule has 4 rings (SSSR count). The highest BCUT2D eigenvalue weighted by Gasteiger charge is 2.46. The standard InChI is InChI=1S/C39H58N4O6S/c1-38(2,3)42-36(46)32-24-29-19-13-14-20-30(29)25-43(32)26-33(44)31(23-28-17-11-8-12-18-28)40-37(47)35(39(4,5)50(6,48)49)41-34(45)22-21-27-15-9-7-10-16-27/h7-12,15-18,29-33,35,44H,13-14,19-26H2,1-6H3,(H,40,47)(H,41,45)(H,42,46)/t29-,30+,31?,32?,33?,35+/m0/s1. The van der Waals surface area contributed by atoms with E-state index in [1.165, 1.54) is 13.8 Å². The van der Waals surface area contributed by atoms with E-state index in [1.54, 1.807) is 0 Å². The van der Waals surface area contributed by atoms with Crippen LogP contribution in [0.3, 0.4) is 0 Å². The number of rotatable bonds is 14. The molecule has 10 nitrogen and oxygen atoms in total. The summed E-state index contributed by atoms with van der Waals surface area (Å²) in [6.45, 7) is 9.55. The van der Waals surface area contributed by atoms with Crippen molar-refractivity contribution in [2.75, 3.05) is 19.3 Å². The van der Waals surface area contributed by atoms with Crippen molar-refractivity contribution in [2.45, 2.75) is 121 Å². The molecule has 0 radical (unpaired) electrons. The maximum Gasteiger partial charge on any atom is 0.244 e. The summed E-state index contributed by atoms with van der Waals surface area (Å²) in [5.74, 6) is -0.319. The fourth-order valence-corrected chi connectivity index (χ4v) is 7.91. The van der Waals surface area contributed by atoms with Gasteiger partial charge in [0.25, 0.3) is 0 Å². The Kier molecular flexibility index (Phi) is 13.3. The average molecular weight is 711 g/mol. The lowest BCUT2D eigenvalue weighted by molar-refractivity contribution is -0.133. The molecule has 1 heterocycles. The topological polar surface area (TPSA) is 145 Å². The highest BCUT2D eigenvalue weighted by molar-refractivity contribution is 7.92. The Morgan fingerprint density at radius 1 is 0.880 bits per heavy atom. The molecule has 1 aliphatic heterocycles. The third-order valence-electron chi connectivity index (χ3n) is 10.5. The molecule has 0 bridgehead atoms. The molecule has 0 aromatic heterocycles. The number of fused-ring (bicyclic) bond motifs is 1. The smallest absolute Gasteiger partial charge is 0.244 e. The highest BCUT2D eigenvalue weighted by atomic mass is 32.2. The summed E-state index contributed by atoms with van der Waals surface area (Å²) in [4.78, 5) is 43.1. The molecule has 3 amide bonds. The minimum absolute atomic E-state index is 0.0643. The molecule has 1 saturated heterocycles. The normalized spacial score (nSPS) is 22.0. The van der Waals surface area contributed by atoms with E-state index in [2.05, 4.69) is 20.9 Å². The van der Waals surface area contributed by atoms with Crippen LogP contribution in [0.15, 0.2) is 60.7 Å². The van der Waals surface area contributed by atoms with Gasteiger partial charge in [0.15, 0.2) is 9.84 Å². The van der Waals surface area contributed by atoms with E-state index in [4.69, 9.17) is 0 Å². The third kappa shape index (κ3) is 10.9. The Balaban J connectivity index is 1.58. The van der Waals surface area contributed by atoms with Gasteiger partial charge in [0, 0.05) is 31.3 Å². The first kappa shape index (κ1) is 39.5. The van der Waals surface area contributed by atoms with Crippen molar-refractivity contribution in [1.82, 2.24) is 20.9 Å². The van der Waals surface area contributed by atoms with Gasteiger partial charge in [-0.1, -0.05) is 79.9 Å². The van der Waals surface area contributed by atoms with Crippen LogP contribution in [0.4, 0.5) is 0 Å². The number of aliphatic hydroxyl groups excluding tert-OH is 1. The van der Waals surface area contributed by atoms with Crippen LogP contribution in [0.5, 0.6) is 0 Å². The molecule has 2 aromatic carbocycles. The summed E-state index contributed by atoms with van der Waals surface area (Å²) in [5.41, 5.74) is 1.40. The quantitative estimate of drug-likeness (QED) is 0.234. The van der Waals surface area contributed by atoms with Crippen LogP contribution in [0, 0.1) is 11.8 Å². The van der Waals surface area contributed by atoms with Crippen LogP contribution >= 0.6 is 0 Å². The molecule has 2 fully saturated rings.